The van der Waals surface area contributed by atoms with Crippen LogP contribution in [0.3, 0.4) is 0 Å². The van der Waals surface area contributed by atoms with Crippen molar-refractivity contribution >= 4 is 16.0 Å². The maximum atomic E-state index is 13.7. The van der Waals surface area contributed by atoms with Gasteiger partial charge in [-0.25, -0.2) is 22.3 Å². The normalized spacial score (nSPS) is 11.5. The van der Waals surface area contributed by atoms with E-state index in [1.54, 1.807) is 0 Å². The van der Waals surface area contributed by atoms with Crippen LogP contribution in [0, 0.1) is 12.7 Å². The summed E-state index contributed by atoms with van der Waals surface area (Å²) in [5.74, 6) is -2.46. The maximum absolute atomic E-state index is 13.7. The third kappa shape index (κ3) is 5.35. The fourth-order valence-electron chi connectivity index (χ4n) is 2.28. The van der Waals surface area contributed by atoms with Gasteiger partial charge in [0, 0.05) is 13.2 Å². The second-order valence-electron chi connectivity index (χ2n) is 5.70. The lowest BCUT2D eigenvalue weighted by Gasteiger charge is -2.10. The van der Waals surface area contributed by atoms with Crippen LogP contribution in [0.15, 0.2) is 47.4 Å². The van der Waals surface area contributed by atoms with E-state index in [4.69, 9.17) is 9.84 Å². The number of nitrogens with one attached hydrogen (secondary N) is 1. The maximum Gasteiger partial charge on any atom is 0.338 e. The number of halogens is 1. The predicted molar refractivity (Wildman–Crippen MR) is 94.0 cm³/mol. The summed E-state index contributed by atoms with van der Waals surface area (Å²) in [5.41, 5.74) is 0.309. The molecule has 0 amide bonds. The van der Waals surface area contributed by atoms with Gasteiger partial charge >= 0.3 is 5.97 Å². The van der Waals surface area contributed by atoms with E-state index >= 15 is 0 Å². The van der Waals surface area contributed by atoms with Crippen LogP contribution in [0.4, 0.5) is 4.39 Å². The molecule has 0 heterocycles. The van der Waals surface area contributed by atoms with E-state index in [-0.39, 0.29) is 17.0 Å². The van der Waals surface area contributed by atoms with Crippen LogP contribution in [0.5, 0.6) is 0 Å². The van der Waals surface area contributed by atoms with Crippen molar-refractivity contribution < 1.29 is 27.4 Å². The molecule has 0 unspecified atom stereocenters. The highest BCUT2D eigenvalue weighted by atomic mass is 32.2. The van der Waals surface area contributed by atoms with Gasteiger partial charge < -0.3 is 9.84 Å². The summed E-state index contributed by atoms with van der Waals surface area (Å²) in [6.07, 6.45) is 0.442. The fraction of sp³-hybridized carbons (Fsp3) is 0.278. The summed E-state index contributed by atoms with van der Waals surface area (Å²) < 4.78 is 46.1. The van der Waals surface area contributed by atoms with Crippen molar-refractivity contribution in [2.45, 2.75) is 24.8 Å². The number of sulfonamides is 1. The third-order valence-electron chi connectivity index (χ3n) is 3.64. The average Bonchev–Trinajstić information content (AvgIpc) is 2.60. The summed E-state index contributed by atoms with van der Waals surface area (Å²) in [7, 11) is -3.93. The molecule has 0 aliphatic carbocycles. The minimum atomic E-state index is -3.93. The number of ether oxygens (including phenoxy) is 1. The average molecular weight is 381 g/mol. The molecular weight excluding hydrogens is 361 g/mol. The molecular formula is C18H20FNO5S. The van der Waals surface area contributed by atoms with Crippen LogP contribution in [-0.2, 0) is 21.4 Å². The molecule has 6 nitrogen and oxygen atoms in total. The lowest BCUT2D eigenvalue weighted by molar-refractivity contribution is 0.0691. The molecule has 8 heteroatoms. The number of rotatable bonds is 9. The smallest absolute Gasteiger partial charge is 0.338 e. The van der Waals surface area contributed by atoms with Crippen LogP contribution < -0.4 is 4.72 Å². The molecule has 2 aromatic carbocycles. The lowest BCUT2D eigenvalue weighted by atomic mass is 10.1. The number of hydrogen-bond acceptors (Lipinski definition) is 4. The van der Waals surface area contributed by atoms with E-state index in [1.165, 1.54) is 6.92 Å². The molecule has 0 bridgehead atoms. The molecule has 2 rings (SSSR count). The number of carbonyl (C=O) groups is 1. The van der Waals surface area contributed by atoms with Crippen molar-refractivity contribution in [3.63, 3.8) is 0 Å². The molecule has 2 N–H and O–H groups in total. The molecule has 0 spiro atoms. The number of aromatic carboxylic acids is 1. The standard InChI is InChI=1S/C18H20FNO5S/c1-13-10-15(11-16(17(13)19)18(21)22)26(23,24)20-8-5-9-25-12-14-6-3-2-4-7-14/h2-4,6-7,10-11,20H,5,8-9,12H2,1H3,(H,21,22). The molecule has 0 atom stereocenters. The largest absolute Gasteiger partial charge is 0.478 e. The minimum Gasteiger partial charge on any atom is -0.478 e. The van der Waals surface area contributed by atoms with Crippen LogP contribution in [-0.4, -0.2) is 32.6 Å². The Morgan fingerprint density at radius 2 is 1.92 bits per heavy atom. The summed E-state index contributed by atoms with van der Waals surface area (Å²) in [4.78, 5) is 10.8. The first-order valence-electron chi connectivity index (χ1n) is 7.96. The van der Waals surface area contributed by atoms with E-state index < -0.39 is 27.4 Å². The van der Waals surface area contributed by atoms with E-state index in [0.29, 0.717) is 19.6 Å². The fourth-order valence-corrected chi connectivity index (χ4v) is 3.46. The van der Waals surface area contributed by atoms with Gasteiger partial charge in [0.15, 0.2) is 0 Å². The lowest BCUT2D eigenvalue weighted by Crippen LogP contribution is -2.26. The Hall–Kier alpha value is -2.29. The van der Waals surface area contributed by atoms with E-state index in [0.717, 1.165) is 17.7 Å². The zero-order valence-electron chi connectivity index (χ0n) is 14.2. The highest BCUT2D eigenvalue weighted by Crippen LogP contribution is 2.19. The van der Waals surface area contributed by atoms with Gasteiger partial charge in [0.2, 0.25) is 10.0 Å². The van der Waals surface area contributed by atoms with Gasteiger partial charge in [0.25, 0.3) is 0 Å². The first-order chi connectivity index (χ1) is 12.3. The summed E-state index contributed by atoms with van der Waals surface area (Å²) in [6.45, 7) is 2.24. The van der Waals surface area contributed by atoms with Crippen LogP contribution in [0.2, 0.25) is 0 Å². The first-order valence-corrected chi connectivity index (χ1v) is 9.44. The molecule has 0 fully saturated rings. The molecule has 0 aliphatic heterocycles. The topological polar surface area (TPSA) is 92.7 Å². The van der Waals surface area contributed by atoms with Crippen LogP contribution in [0.1, 0.15) is 27.9 Å². The van der Waals surface area contributed by atoms with Crippen LogP contribution >= 0.6 is 0 Å². The minimum absolute atomic E-state index is 0.0449. The van der Waals surface area contributed by atoms with E-state index in [1.807, 2.05) is 30.3 Å². The highest BCUT2D eigenvalue weighted by Gasteiger charge is 2.20. The molecule has 26 heavy (non-hydrogen) atoms. The van der Waals surface area contributed by atoms with Gasteiger partial charge in [-0.15, -0.1) is 0 Å². The molecule has 2 aromatic rings. The molecule has 0 aromatic heterocycles. The Labute approximate surface area is 151 Å². The van der Waals surface area contributed by atoms with Gasteiger partial charge in [-0.1, -0.05) is 30.3 Å². The van der Waals surface area contributed by atoms with Gasteiger partial charge in [0.1, 0.15) is 5.82 Å². The van der Waals surface area contributed by atoms with Crippen molar-refractivity contribution in [3.05, 3.63) is 65.0 Å². The quantitative estimate of drug-likeness (QED) is 0.652. The van der Waals surface area contributed by atoms with Crippen molar-refractivity contribution in [3.8, 4) is 0 Å². The monoisotopic (exact) mass is 381 g/mol. The Balaban J connectivity index is 1.88. The molecule has 0 saturated heterocycles. The Morgan fingerprint density at radius 3 is 2.58 bits per heavy atom. The number of aryl methyl sites for hydroxylation is 1. The van der Waals surface area contributed by atoms with E-state index in [9.17, 15) is 17.6 Å². The Morgan fingerprint density at radius 1 is 1.23 bits per heavy atom. The zero-order chi connectivity index (χ0) is 19.2. The number of carboxylic acids is 1. The van der Waals surface area contributed by atoms with Gasteiger partial charge in [0.05, 0.1) is 17.1 Å². The molecule has 0 aliphatic rings. The first kappa shape index (κ1) is 20.0. The SMILES string of the molecule is Cc1cc(S(=O)(=O)NCCCOCc2ccccc2)cc(C(=O)O)c1F. The predicted octanol–water partition coefficient (Wildman–Crippen LogP) is 2.72. The van der Waals surface area contributed by atoms with Crippen molar-refractivity contribution in [2.75, 3.05) is 13.2 Å². The van der Waals surface area contributed by atoms with Crippen molar-refractivity contribution in [2.24, 2.45) is 0 Å². The van der Waals surface area contributed by atoms with Crippen molar-refractivity contribution in [1.82, 2.24) is 4.72 Å². The van der Waals surface area contributed by atoms with Crippen LogP contribution in [0.25, 0.3) is 0 Å². The Bertz CT molecular complexity index is 869. The molecule has 0 radical (unpaired) electrons. The number of hydrogen-bond donors (Lipinski definition) is 2. The second kappa shape index (κ2) is 8.88. The van der Waals surface area contributed by atoms with Gasteiger partial charge in [-0.05, 0) is 36.6 Å². The number of benzene rings is 2. The molecule has 140 valence electrons. The zero-order valence-corrected chi connectivity index (χ0v) is 15.1. The summed E-state index contributed by atoms with van der Waals surface area (Å²) >= 11 is 0. The third-order valence-corrected chi connectivity index (χ3v) is 5.08. The molecule has 0 saturated carbocycles. The Kier molecular flexibility index (Phi) is 6.84. The summed E-state index contributed by atoms with van der Waals surface area (Å²) in [6, 6.07) is 11.5. The van der Waals surface area contributed by atoms with E-state index in [2.05, 4.69) is 4.72 Å². The summed E-state index contributed by atoms with van der Waals surface area (Å²) in [5, 5.41) is 8.98. The highest BCUT2D eigenvalue weighted by molar-refractivity contribution is 7.89. The van der Waals surface area contributed by atoms with Gasteiger partial charge in [-0.3, -0.25) is 0 Å². The second-order valence-corrected chi connectivity index (χ2v) is 7.46. The number of carboxylic acid groups (broad SMARTS) is 1. The van der Waals surface area contributed by atoms with Crippen molar-refractivity contribution in [1.29, 1.82) is 0 Å². The van der Waals surface area contributed by atoms with Gasteiger partial charge in [-0.2, -0.15) is 0 Å².